The van der Waals surface area contributed by atoms with E-state index < -0.39 is 23.7 Å². The molecule has 41 heavy (non-hydrogen) atoms. The zero-order valence-electron chi connectivity index (χ0n) is 22.7. The molecule has 0 aliphatic heterocycles. The molecule has 0 spiro atoms. The number of carbonyl (C=O) groups is 3. The topological polar surface area (TPSA) is 78.9 Å². The smallest absolute Gasteiger partial charge is 0.338 e. The minimum absolute atomic E-state index is 0.00487. The predicted molar refractivity (Wildman–Crippen MR) is 153 cm³/mol. The minimum atomic E-state index is -0.706. The van der Waals surface area contributed by atoms with Crippen LogP contribution in [0.4, 0.5) is 4.39 Å². The van der Waals surface area contributed by atoms with E-state index >= 15 is 4.39 Å². The molecule has 0 aliphatic rings. The van der Waals surface area contributed by atoms with Crippen molar-refractivity contribution in [2.75, 3.05) is 0 Å². The van der Waals surface area contributed by atoms with Gasteiger partial charge in [-0.1, -0.05) is 43.4 Å². The van der Waals surface area contributed by atoms with Crippen LogP contribution in [-0.4, -0.2) is 17.9 Å². The Morgan fingerprint density at radius 2 is 0.976 bits per heavy atom. The van der Waals surface area contributed by atoms with Gasteiger partial charge in [-0.15, -0.1) is 0 Å². The zero-order chi connectivity index (χ0) is 30.1. The van der Waals surface area contributed by atoms with Crippen molar-refractivity contribution in [1.29, 1.82) is 0 Å². The first-order valence-electron chi connectivity index (χ1n) is 12.1. The lowest BCUT2D eigenvalue weighted by molar-refractivity contribution is -0.130. The Labute approximate surface area is 237 Å². The quantitative estimate of drug-likeness (QED) is 0.161. The average Bonchev–Trinajstić information content (AvgIpc) is 2.93. The molecular weight excluding hydrogens is 523 g/mol. The molecule has 0 bridgehead atoms. The van der Waals surface area contributed by atoms with Gasteiger partial charge in [0.15, 0.2) is 0 Å². The van der Waals surface area contributed by atoms with Crippen molar-refractivity contribution in [3.05, 3.63) is 125 Å². The molecule has 0 unspecified atom stereocenters. The van der Waals surface area contributed by atoms with E-state index in [0.29, 0.717) is 22.6 Å². The molecule has 0 amide bonds. The average molecular weight is 549 g/mol. The zero-order valence-corrected chi connectivity index (χ0v) is 22.7. The molecule has 0 heterocycles. The Balaban J connectivity index is 1.89. The van der Waals surface area contributed by atoms with E-state index in [1.54, 1.807) is 62.4 Å². The fourth-order valence-electron chi connectivity index (χ4n) is 2.90. The molecule has 0 aromatic heterocycles. The molecule has 3 aromatic carbocycles. The first kappa shape index (κ1) is 29.9. The second-order valence-corrected chi connectivity index (χ2v) is 8.89. The molecule has 0 aliphatic carbocycles. The molecular formula is C34H25FO6. The predicted octanol–water partition coefficient (Wildman–Crippen LogP) is 6.07. The molecule has 0 atom stereocenters. The third-order valence-electron chi connectivity index (χ3n) is 5.13. The van der Waals surface area contributed by atoms with Gasteiger partial charge in [0.05, 0.1) is 11.1 Å². The Bertz CT molecular complexity index is 1690. The van der Waals surface area contributed by atoms with E-state index in [0.717, 1.165) is 6.07 Å². The summed E-state index contributed by atoms with van der Waals surface area (Å²) in [6.45, 7) is 15.2. The van der Waals surface area contributed by atoms with Crippen molar-refractivity contribution in [3.63, 3.8) is 0 Å². The molecule has 0 radical (unpaired) electrons. The largest absolute Gasteiger partial charge is 0.423 e. The van der Waals surface area contributed by atoms with E-state index in [2.05, 4.69) is 43.4 Å². The van der Waals surface area contributed by atoms with Crippen molar-refractivity contribution < 1.29 is 33.0 Å². The number of hydrogen-bond acceptors (Lipinski definition) is 6. The van der Waals surface area contributed by atoms with Crippen LogP contribution in [0.2, 0.25) is 0 Å². The summed E-state index contributed by atoms with van der Waals surface area (Å²) in [5, 5.41) is 0. The van der Waals surface area contributed by atoms with Crippen molar-refractivity contribution in [3.8, 4) is 40.9 Å². The summed E-state index contributed by atoms with van der Waals surface area (Å²) in [6.07, 6.45) is 0. The summed E-state index contributed by atoms with van der Waals surface area (Å²) in [7, 11) is 0. The molecule has 0 saturated carbocycles. The second-order valence-electron chi connectivity index (χ2n) is 8.89. The van der Waals surface area contributed by atoms with Gasteiger partial charge >= 0.3 is 17.9 Å². The van der Waals surface area contributed by atoms with Gasteiger partial charge in [0.2, 0.25) is 0 Å². The lowest BCUT2D eigenvalue weighted by atomic mass is 10.1. The standard InChI is InChI=1S/C34H25FO6/c1-21(2)32(36)39-28-15-9-24(10-16-28)7-13-26-20-31(41-34(38)23(5)6)27(19-30(26)35)14-8-25-11-17-29(18-12-25)40-33(37)22(3)4/h9-12,15-20H,1,3,5H2,2,4,6H3. The van der Waals surface area contributed by atoms with Gasteiger partial charge in [-0.25, -0.2) is 18.8 Å². The Morgan fingerprint density at radius 1 is 0.585 bits per heavy atom. The maximum absolute atomic E-state index is 15.0. The van der Waals surface area contributed by atoms with E-state index in [9.17, 15) is 14.4 Å². The highest BCUT2D eigenvalue weighted by Crippen LogP contribution is 2.24. The van der Waals surface area contributed by atoms with Gasteiger partial charge in [-0.05, 0) is 75.4 Å². The molecule has 204 valence electrons. The molecule has 3 rings (SSSR count). The fraction of sp³-hybridized carbons (Fsp3) is 0.0882. The summed E-state index contributed by atoms with van der Waals surface area (Å²) < 4.78 is 30.7. The molecule has 3 aromatic rings. The summed E-state index contributed by atoms with van der Waals surface area (Å²) in [4.78, 5) is 35.6. The van der Waals surface area contributed by atoms with Crippen LogP contribution in [0.3, 0.4) is 0 Å². The molecule has 0 N–H and O–H groups in total. The number of esters is 3. The third kappa shape index (κ3) is 8.68. The number of rotatable bonds is 6. The van der Waals surface area contributed by atoms with Crippen LogP contribution in [0, 0.1) is 29.5 Å². The van der Waals surface area contributed by atoms with Crippen LogP contribution in [0.5, 0.6) is 17.2 Å². The first-order chi connectivity index (χ1) is 19.4. The molecule has 6 nitrogen and oxygen atoms in total. The number of benzene rings is 3. The maximum atomic E-state index is 15.0. The Kier molecular flexibility index (Phi) is 9.78. The minimum Gasteiger partial charge on any atom is -0.423 e. The van der Waals surface area contributed by atoms with Gasteiger partial charge in [-0.2, -0.15) is 0 Å². The lowest BCUT2D eigenvalue weighted by Gasteiger charge is -2.08. The van der Waals surface area contributed by atoms with Crippen molar-refractivity contribution >= 4 is 17.9 Å². The Hall–Kier alpha value is -5.66. The summed E-state index contributed by atoms with van der Waals surface area (Å²) in [5.41, 5.74) is 1.83. The number of carbonyl (C=O) groups excluding carboxylic acids is 3. The Morgan fingerprint density at radius 3 is 1.39 bits per heavy atom. The van der Waals surface area contributed by atoms with Crippen LogP contribution < -0.4 is 14.2 Å². The molecule has 0 fully saturated rings. The van der Waals surface area contributed by atoms with Gasteiger partial charge in [0.1, 0.15) is 23.1 Å². The lowest BCUT2D eigenvalue weighted by Crippen LogP contribution is -2.10. The van der Waals surface area contributed by atoms with Crippen LogP contribution in [-0.2, 0) is 14.4 Å². The van der Waals surface area contributed by atoms with E-state index in [1.807, 2.05) is 0 Å². The molecule has 7 heteroatoms. The molecule has 0 saturated heterocycles. The third-order valence-corrected chi connectivity index (χ3v) is 5.13. The maximum Gasteiger partial charge on any atom is 0.338 e. The normalized spacial score (nSPS) is 9.66. The highest BCUT2D eigenvalue weighted by molar-refractivity contribution is 5.90. The highest BCUT2D eigenvalue weighted by Gasteiger charge is 2.14. The first-order valence-corrected chi connectivity index (χ1v) is 12.1. The van der Waals surface area contributed by atoms with Crippen LogP contribution in [0.1, 0.15) is 43.0 Å². The fourth-order valence-corrected chi connectivity index (χ4v) is 2.90. The van der Waals surface area contributed by atoms with Gasteiger partial charge < -0.3 is 14.2 Å². The van der Waals surface area contributed by atoms with Crippen molar-refractivity contribution in [2.24, 2.45) is 0 Å². The van der Waals surface area contributed by atoms with Gasteiger partial charge in [0, 0.05) is 33.9 Å². The van der Waals surface area contributed by atoms with E-state index in [1.165, 1.54) is 13.0 Å². The summed E-state index contributed by atoms with van der Waals surface area (Å²) >= 11 is 0. The summed E-state index contributed by atoms with van der Waals surface area (Å²) in [6, 6.07) is 15.1. The van der Waals surface area contributed by atoms with Gasteiger partial charge in [-0.3, -0.25) is 0 Å². The SMILES string of the molecule is C=C(C)C(=O)Oc1ccc(C#Cc2cc(OC(=O)C(=C)C)c(C#Cc3ccc(OC(=O)C(=C)C)cc3)cc2F)cc1. The van der Waals surface area contributed by atoms with Crippen LogP contribution >= 0.6 is 0 Å². The second kappa shape index (κ2) is 13.4. The monoisotopic (exact) mass is 548 g/mol. The van der Waals surface area contributed by atoms with E-state index in [-0.39, 0.29) is 33.6 Å². The number of ether oxygens (including phenoxy) is 3. The number of halogens is 1. The highest BCUT2D eigenvalue weighted by atomic mass is 19.1. The van der Waals surface area contributed by atoms with Crippen molar-refractivity contribution in [1.82, 2.24) is 0 Å². The number of hydrogen-bond donors (Lipinski definition) is 0. The van der Waals surface area contributed by atoms with Crippen LogP contribution in [0.15, 0.2) is 97.1 Å². The van der Waals surface area contributed by atoms with Crippen molar-refractivity contribution in [2.45, 2.75) is 20.8 Å². The summed E-state index contributed by atoms with van der Waals surface area (Å²) in [5.74, 6) is 9.39. The van der Waals surface area contributed by atoms with Crippen LogP contribution in [0.25, 0.3) is 0 Å². The van der Waals surface area contributed by atoms with E-state index in [4.69, 9.17) is 14.2 Å². The van der Waals surface area contributed by atoms with Gasteiger partial charge in [0.25, 0.3) is 0 Å².